The number of methoxy groups -OCH3 is 1. The Labute approximate surface area is 129 Å². The van der Waals surface area contributed by atoms with E-state index in [0.717, 1.165) is 5.56 Å². The summed E-state index contributed by atoms with van der Waals surface area (Å²) in [5.41, 5.74) is 1.36. The molecule has 0 radical (unpaired) electrons. The van der Waals surface area contributed by atoms with E-state index in [0.29, 0.717) is 24.3 Å². The fraction of sp³-hybridized carbons (Fsp3) is 0.294. The van der Waals surface area contributed by atoms with Crippen LogP contribution >= 0.6 is 0 Å². The van der Waals surface area contributed by atoms with E-state index in [-0.39, 0.29) is 12.2 Å². The van der Waals surface area contributed by atoms with Crippen molar-refractivity contribution in [1.82, 2.24) is 4.57 Å². The molecular formula is C17H19NO4. The highest BCUT2D eigenvalue weighted by molar-refractivity contribution is 5.90. The van der Waals surface area contributed by atoms with Gasteiger partial charge in [0.05, 0.1) is 19.3 Å². The van der Waals surface area contributed by atoms with Crippen molar-refractivity contribution in [2.75, 3.05) is 13.7 Å². The van der Waals surface area contributed by atoms with E-state index in [1.165, 1.54) is 6.07 Å². The first kappa shape index (κ1) is 15.8. The first-order chi connectivity index (χ1) is 10.6. The normalized spacial score (nSPS) is 10.3. The molecular weight excluding hydrogens is 282 g/mol. The Morgan fingerprint density at radius 2 is 2.05 bits per heavy atom. The molecule has 0 aliphatic heterocycles. The van der Waals surface area contributed by atoms with Gasteiger partial charge in [-0.05, 0) is 37.1 Å². The van der Waals surface area contributed by atoms with Crippen LogP contribution in [-0.4, -0.2) is 24.3 Å². The average molecular weight is 301 g/mol. The van der Waals surface area contributed by atoms with Crippen LogP contribution in [0.3, 0.4) is 0 Å². The first-order valence-corrected chi connectivity index (χ1v) is 7.09. The molecule has 0 aliphatic carbocycles. The number of nitrogens with zero attached hydrogens (tertiary/aromatic N) is 1. The number of carbonyl (C=O) groups excluding carboxylic acids is 1. The Morgan fingerprint density at radius 1 is 1.23 bits per heavy atom. The van der Waals surface area contributed by atoms with Crippen LogP contribution in [0.2, 0.25) is 0 Å². The van der Waals surface area contributed by atoms with Crippen LogP contribution in [0.25, 0.3) is 0 Å². The van der Waals surface area contributed by atoms with Crippen molar-refractivity contribution in [2.24, 2.45) is 0 Å². The van der Waals surface area contributed by atoms with Crippen LogP contribution < -0.4 is 10.3 Å². The molecule has 1 aromatic heterocycles. The average Bonchev–Trinajstić information content (AvgIpc) is 2.53. The number of carbonyl (C=O) groups is 1. The summed E-state index contributed by atoms with van der Waals surface area (Å²) in [5, 5.41) is 0. The minimum Gasteiger partial charge on any atom is -0.496 e. The highest BCUT2D eigenvalue weighted by Crippen LogP contribution is 2.19. The maximum absolute atomic E-state index is 12.0. The summed E-state index contributed by atoms with van der Waals surface area (Å²) in [4.78, 5) is 23.5. The highest BCUT2D eigenvalue weighted by Gasteiger charge is 2.09. The van der Waals surface area contributed by atoms with Crippen molar-refractivity contribution in [3.05, 3.63) is 64.1 Å². The second kappa shape index (κ2) is 7.45. The van der Waals surface area contributed by atoms with Crippen molar-refractivity contribution >= 4 is 5.97 Å². The van der Waals surface area contributed by atoms with E-state index in [4.69, 9.17) is 9.47 Å². The van der Waals surface area contributed by atoms with E-state index in [1.807, 2.05) is 13.0 Å². The Morgan fingerprint density at radius 3 is 2.77 bits per heavy atom. The summed E-state index contributed by atoms with van der Waals surface area (Å²) in [6.07, 6.45) is 2.30. The van der Waals surface area contributed by atoms with E-state index in [9.17, 15) is 9.59 Å². The van der Waals surface area contributed by atoms with Crippen LogP contribution in [0.4, 0.5) is 0 Å². The number of ether oxygens (including phenoxy) is 2. The van der Waals surface area contributed by atoms with Gasteiger partial charge in [-0.1, -0.05) is 12.1 Å². The van der Waals surface area contributed by atoms with Gasteiger partial charge in [-0.2, -0.15) is 0 Å². The molecule has 0 bridgehead atoms. The monoisotopic (exact) mass is 301 g/mol. The summed E-state index contributed by atoms with van der Waals surface area (Å²) >= 11 is 0. The quantitative estimate of drug-likeness (QED) is 0.607. The maximum Gasteiger partial charge on any atom is 0.338 e. The topological polar surface area (TPSA) is 57.5 Å². The summed E-state index contributed by atoms with van der Waals surface area (Å²) in [7, 11) is 1.56. The van der Waals surface area contributed by atoms with Gasteiger partial charge in [-0.15, -0.1) is 0 Å². The van der Waals surface area contributed by atoms with Crippen LogP contribution in [0.1, 0.15) is 22.3 Å². The Kier molecular flexibility index (Phi) is 5.36. The van der Waals surface area contributed by atoms with Crippen LogP contribution in [-0.2, 0) is 11.3 Å². The molecule has 0 fully saturated rings. The number of pyridine rings is 1. The SMILES string of the molecule is COc1cc(C(=O)OCCCn2ccccc2=O)ccc1C. The molecule has 5 heteroatoms. The number of rotatable bonds is 6. The summed E-state index contributed by atoms with van der Waals surface area (Å²) in [6, 6.07) is 10.2. The zero-order chi connectivity index (χ0) is 15.9. The van der Waals surface area contributed by atoms with Gasteiger partial charge >= 0.3 is 5.97 Å². The molecule has 0 atom stereocenters. The predicted octanol–water partition coefficient (Wildman–Crippen LogP) is 2.41. The molecule has 22 heavy (non-hydrogen) atoms. The molecule has 1 heterocycles. The third-order valence-electron chi connectivity index (χ3n) is 3.32. The van der Waals surface area contributed by atoms with Crippen LogP contribution in [0.15, 0.2) is 47.4 Å². The zero-order valence-corrected chi connectivity index (χ0v) is 12.7. The fourth-order valence-electron chi connectivity index (χ4n) is 2.08. The van der Waals surface area contributed by atoms with Crippen molar-refractivity contribution in [1.29, 1.82) is 0 Å². The van der Waals surface area contributed by atoms with E-state index in [2.05, 4.69) is 0 Å². The van der Waals surface area contributed by atoms with Gasteiger partial charge in [-0.25, -0.2) is 4.79 Å². The smallest absolute Gasteiger partial charge is 0.338 e. The third kappa shape index (κ3) is 3.97. The minimum atomic E-state index is -0.390. The Bertz CT molecular complexity index is 706. The zero-order valence-electron chi connectivity index (χ0n) is 12.7. The molecule has 0 aliphatic rings. The van der Waals surface area contributed by atoms with Crippen LogP contribution in [0, 0.1) is 6.92 Å². The summed E-state index contributed by atoms with van der Waals surface area (Å²) in [6.45, 7) is 2.69. The third-order valence-corrected chi connectivity index (χ3v) is 3.32. The van der Waals surface area contributed by atoms with Gasteiger partial charge in [-0.3, -0.25) is 4.79 Å². The van der Waals surface area contributed by atoms with Gasteiger partial charge < -0.3 is 14.0 Å². The molecule has 2 aromatic rings. The lowest BCUT2D eigenvalue weighted by Gasteiger charge is -2.09. The second-order valence-corrected chi connectivity index (χ2v) is 4.91. The molecule has 0 spiro atoms. The minimum absolute atomic E-state index is 0.0582. The van der Waals surface area contributed by atoms with E-state index < -0.39 is 5.97 Å². The number of hydrogen-bond donors (Lipinski definition) is 0. The van der Waals surface area contributed by atoms with Crippen molar-refractivity contribution in [3.63, 3.8) is 0 Å². The maximum atomic E-state index is 12.0. The number of hydrogen-bond acceptors (Lipinski definition) is 4. The molecule has 2 rings (SSSR count). The van der Waals surface area contributed by atoms with Gasteiger partial charge in [0, 0.05) is 18.8 Å². The lowest BCUT2D eigenvalue weighted by Crippen LogP contribution is -2.19. The standard InChI is InChI=1S/C17H19NO4/c1-13-7-8-14(12-15(13)21-2)17(20)22-11-5-10-18-9-4-3-6-16(18)19/h3-4,6-9,12H,5,10-11H2,1-2H3. The molecule has 0 amide bonds. The summed E-state index contributed by atoms with van der Waals surface area (Å²) in [5.74, 6) is 0.268. The fourth-order valence-corrected chi connectivity index (χ4v) is 2.08. The number of benzene rings is 1. The van der Waals surface area contributed by atoms with Crippen molar-refractivity contribution in [3.8, 4) is 5.75 Å². The van der Waals surface area contributed by atoms with E-state index >= 15 is 0 Å². The largest absolute Gasteiger partial charge is 0.496 e. The Hall–Kier alpha value is -2.56. The number of esters is 1. The molecule has 116 valence electrons. The molecule has 0 unspecified atom stereocenters. The van der Waals surface area contributed by atoms with E-state index in [1.54, 1.807) is 42.1 Å². The van der Waals surface area contributed by atoms with Gasteiger partial charge in [0.25, 0.3) is 0 Å². The van der Waals surface area contributed by atoms with Gasteiger partial charge in [0.1, 0.15) is 5.75 Å². The Balaban J connectivity index is 1.86. The van der Waals surface area contributed by atoms with Crippen LogP contribution in [0.5, 0.6) is 5.75 Å². The summed E-state index contributed by atoms with van der Waals surface area (Å²) < 4.78 is 12.0. The lowest BCUT2D eigenvalue weighted by molar-refractivity contribution is 0.0495. The van der Waals surface area contributed by atoms with Crippen molar-refractivity contribution < 1.29 is 14.3 Å². The van der Waals surface area contributed by atoms with Gasteiger partial charge in [0.15, 0.2) is 0 Å². The van der Waals surface area contributed by atoms with Gasteiger partial charge in [0.2, 0.25) is 5.56 Å². The molecule has 0 saturated carbocycles. The molecule has 5 nitrogen and oxygen atoms in total. The predicted molar refractivity (Wildman–Crippen MR) is 83.3 cm³/mol. The number of aryl methyl sites for hydroxylation is 2. The first-order valence-electron chi connectivity index (χ1n) is 7.09. The second-order valence-electron chi connectivity index (χ2n) is 4.91. The van der Waals surface area contributed by atoms with Crippen molar-refractivity contribution in [2.45, 2.75) is 19.9 Å². The highest BCUT2D eigenvalue weighted by atomic mass is 16.5. The number of aromatic nitrogens is 1. The molecule has 0 N–H and O–H groups in total. The molecule has 0 saturated heterocycles. The lowest BCUT2D eigenvalue weighted by atomic mass is 10.1. The molecule has 1 aromatic carbocycles.